The molecule has 6 heteroatoms. The quantitative estimate of drug-likeness (QED) is 0.735. The van der Waals surface area contributed by atoms with E-state index in [0.29, 0.717) is 18.0 Å². The first-order valence-corrected chi connectivity index (χ1v) is 7.68. The third-order valence-electron chi connectivity index (χ3n) is 3.32. The Bertz CT molecular complexity index is 829. The number of ether oxygens (including phenoxy) is 2. The maximum absolute atomic E-state index is 12.1. The van der Waals surface area contributed by atoms with Crippen LogP contribution in [-0.4, -0.2) is 38.3 Å². The molecule has 0 aliphatic rings. The minimum atomic E-state index is -0.0957. The Morgan fingerprint density at radius 2 is 2.09 bits per heavy atom. The molecule has 0 radical (unpaired) electrons. The van der Waals surface area contributed by atoms with Gasteiger partial charge < -0.3 is 14.8 Å². The molecule has 0 fully saturated rings. The van der Waals surface area contributed by atoms with E-state index in [2.05, 4.69) is 10.3 Å². The molecule has 0 bridgehead atoms. The van der Waals surface area contributed by atoms with Crippen molar-refractivity contribution < 1.29 is 14.3 Å². The molecule has 3 aromatic rings. The molecule has 1 N–H and O–H groups in total. The van der Waals surface area contributed by atoms with E-state index in [1.807, 2.05) is 30.3 Å². The average molecular weight is 316 g/mol. The third kappa shape index (κ3) is 2.88. The number of rotatable bonds is 5. The number of benzene rings is 1. The van der Waals surface area contributed by atoms with Crippen molar-refractivity contribution in [1.82, 2.24) is 10.3 Å². The summed E-state index contributed by atoms with van der Waals surface area (Å²) >= 11 is 1.39. The molecule has 2 aromatic heterocycles. The van der Waals surface area contributed by atoms with Crippen LogP contribution in [0.5, 0.6) is 5.75 Å². The molecule has 0 spiro atoms. The van der Waals surface area contributed by atoms with Crippen molar-refractivity contribution in [1.29, 1.82) is 0 Å². The number of thiophene rings is 1. The number of pyridine rings is 1. The van der Waals surface area contributed by atoms with Crippen LogP contribution in [0.1, 0.15) is 9.67 Å². The Morgan fingerprint density at radius 3 is 2.86 bits per heavy atom. The smallest absolute Gasteiger partial charge is 0.261 e. The van der Waals surface area contributed by atoms with Crippen LogP contribution in [-0.2, 0) is 4.74 Å². The Labute approximate surface area is 131 Å². The lowest BCUT2D eigenvalue weighted by Gasteiger charge is -2.01. The maximum atomic E-state index is 12.1. The van der Waals surface area contributed by atoms with Crippen molar-refractivity contribution in [2.45, 2.75) is 0 Å². The van der Waals surface area contributed by atoms with Crippen LogP contribution in [0.2, 0.25) is 0 Å². The second-order valence-electron chi connectivity index (χ2n) is 4.80. The summed E-state index contributed by atoms with van der Waals surface area (Å²) < 4.78 is 10.2. The summed E-state index contributed by atoms with van der Waals surface area (Å²) in [5, 5.41) is 4.78. The fourth-order valence-electron chi connectivity index (χ4n) is 2.21. The van der Waals surface area contributed by atoms with Gasteiger partial charge in [0, 0.05) is 24.4 Å². The van der Waals surface area contributed by atoms with E-state index in [0.717, 1.165) is 26.9 Å². The van der Waals surface area contributed by atoms with Crippen LogP contribution in [0.3, 0.4) is 0 Å². The molecule has 3 rings (SSSR count). The highest BCUT2D eigenvalue weighted by atomic mass is 32.1. The highest BCUT2D eigenvalue weighted by Gasteiger charge is 2.11. The lowest BCUT2D eigenvalue weighted by molar-refractivity contribution is 0.0941. The Balaban J connectivity index is 1.95. The zero-order valence-electron chi connectivity index (χ0n) is 12.4. The van der Waals surface area contributed by atoms with Crippen LogP contribution in [0.15, 0.2) is 30.3 Å². The number of nitrogens with zero attached hydrogens (tertiary/aromatic N) is 1. The summed E-state index contributed by atoms with van der Waals surface area (Å²) in [5.41, 5.74) is 0.890. The lowest BCUT2D eigenvalue weighted by atomic mass is 10.2. The Hall–Kier alpha value is -2.18. The molecule has 114 valence electrons. The van der Waals surface area contributed by atoms with Crippen LogP contribution in [0.4, 0.5) is 0 Å². The largest absolute Gasteiger partial charge is 0.497 e. The average Bonchev–Trinajstić information content (AvgIpc) is 2.95. The van der Waals surface area contributed by atoms with Crippen LogP contribution in [0.25, 0.3) is 21.1 Å². The summed E-state index contributed by atoms with van der Waals surface area (Å²) in [4.78, 5) is 18.2. The normalized spacial score (nSPS) is 11.0. The van der Waals surface area contributed by atoms with Crippen LogP contribution < -0.4 is 10.1 Å². The number of amides is 1. The van der Waals surface area contributed by atoms with Crippen LogP contribution >= 0.6 is 11.3 Å². The van der Waals surface area contributed by atoms with Gasteiger partial charge in [0.15, 0.2) is 0 Å². The predicted octanol–water partition coefficient (Wildman–Crippen LogP) is 2.83. The number of hydrogen-bond donors (Lipinski definition) is 1. The van der Waals surface area contributed by atoms with Gasteiger partial charge >= 0.3 is 0 Å². The number of methoxy groups -OCH3 is 2. The van der Waals surface area contributed by atoms with Crippen LogP contribution in [0, 0.1) is 0 Å². The third-order valence-corrected chi connectivity index (χ3v) is 4.37. The van der Waals surface area contributed by atoms with Crippen molar-refractivity contribution in [3.63, 3.8) is 0 Å². The van der Waals surface area contributed by atoms with Gasteiger partial charge in [0.2, 0.25) is 0 Å². The van der Waals surface area contributed by atoms with E-state index in [-0.39, 0.29) is 5.91 Å². The van der Waals surface area contributed by atoms with Gasteiger partial charge in [0.25, 0.3) is 5.91 Å². The van der Waals surface area contributed by atoms with E-state index in [9.17, 15) is 4.79 Å². The first-order chi connectivity index (χ1) is 10.7. The maximum Gasteiger partial charge on any atom is 0.261 e. The zero-order valence-corrected chi connectivity index (χ0v) is 13.2. The second-order valence-corrected chi connectivity index (χ2v) is 5.83. The number of aromatic nitrogens is 1. The van der Waals surface area contributed by atoms with Crippen molar-refractivity contribution in [3.05, 3.63) is 35.2 Å². The first-order valence-electron chi connectivity index (χ1n) is 6.87. The van der Waals surface area contributed by atoms with Crippen molar-refractivity contribution in [2.75, 3.05) is 27.4 Å². The predicted molar refractivity (Wildman–Crippen MR) is 87.9 cm³/mol. The van der Waals surface area contributed by atoms with Gasteiger partial charge in [-0.3, -0.25) is 4.79 Å². The molecule has 1 amide bonds. The summed E-state index contributed by atoms with van der Waals surface area (Å²) in [5.74, 6) is 0.697. The van der Waals surface area contributed by atoms with Gasteiger partial charge in [-0.1, -0.05) is 0 Å². The van der Waals surface area contributed by atoms with Crippen molar-refractivity contribution in [3.8, 4) is 5.75 Å². The SMILES string of the molecule is COCCNC(=O)c1cc2cc3cc(OC)ccc3nc2s1. The summed E-state index contributed by atoms with van der Waals surface area (Å²) in [7, 11) is 3.25. The lowest BCUT2D eigenvalue weighted by Crippen LogP contribution is -2.26. The van der Waals surface area contributed by atoms with E-state index in [4.69, 9.17) is 9.47 Å². The molecule has 1 aromatic carbocycles. The molecular weight excluding hydrogens is 300 g/mol. The fourth-order valence-corrected chi connectivity index (χ4v) is 3.14. The summed E-state index contributed by atoms with van der Waals surface area (Å²) in [6.07, 6.45) is 0. The van der Waals surface area contributed by atoms with Gasteiger partial charge in [0.05, 0.1) is 24.1 Å². The number of nitrogens with one attached hydrogen (secondary N) is 1. The molecule has 0 unspecified atom stereocenters. The van der Waals surface area contributed by atoms with Gasteiger partial charge in [-0.15, -0.1) is 11.3 Å². The molecule has 5 nitrogen and oxygen atoms in total. The first kappa shape index (κ1) is 14.7. The van der Waals surface area contributed by atoms with Crippen molar-refractivity contribution >= 4 is 38.4 Å². The second kappa shape index (κ2) is 6.29. The van der Waals surface area contributed by atoms with Gasteiger partial charge in [-0.05, 0) is 30.3 Å². The highest BCUT2D eigenvalue weighted by Crippen LogP contribution is 2.29. The zero-order chi connectivity index (χ0) is 15.5. The molecule has 22 heavy (non-hydrogen) atoms. The van der Waals surface area contributed by atoms with Gasteiger partial charge in [0.1, 0.15) is 10.6 Å². The fraction of sp³-hybridized carbons (Fsp3) is 0.250. The minimum Gasteiger partial charge on any atom is -0.497 e. The highest BCUT2D eigenvalue weighted by molar-refractivity contribution is 7.20. The summed E-state index contributed by atoms with van der Waals surface area (Å²) in [6, 6.07) is 9.65. The van der Waals surface area contributed by atoms with Crippen molar-refractivity contribution in [2.24, 2.45) is 0 Å². The molecule has 0 saturated heterocycles. The summed E-state index contributed by atoms with van der Waals surface area (Å²) in [6.45, 7) is 0.995. The van der Waals surface area contributed by atoms with E-state index >= 15 is 0 Å². The number of carbonyl (C=O) groups excluding carboxylic acids is 1. The molecule has 0 aliphatic carbocycles. The monoisotopic (exact) mass is 316 g/mol. The van der Waals surface area contributed by atoms with Gasteiger partial charge in [-0.2, -0.15) is 0 Å². The Kier molecular flexibility index (Phi) is 4.22. The molecule has 0 saturated carbocycles. The van der Waals surface area contributed by atoms with E-state index in [1.165, 1.54) is 11.3 Å². The Morgan fingerprint density at radius 1 is 1.23 bits per heavy atom. The number of hydrogen-bond acceptors (Lipinski definition) is 5. The standard InChI is InChI=1S/C16H16N2O3S/c1-20-6-5-17-15(19)14-9-11-7-10-8-12(21-2)3-4-13(10)18-16(11)22-14/h3-4,7-9H,5-6H2,1-2H3,(H,17,19). The van der Waals surface area contributed by atoms with E-state index in [1.54, 1.807) is 14.2 Å². The topological polar surface area (TPSA) is 60.5 Å². The molecule has 0 aliphatic heterocycles. The van der Waals surface area contributed by atoms with E-state index < -0.39 is 0 Å². The molecular formula is C16H16N2O3S. The minimum absolute atomic E-state index is 0.0957. The molecule has 2 heterocycles. The van der Waals surface area contributed by atoms with Gasteiger partial charge in [-0.25, -0.2) is 4.98 Å². The number of fused-ring (bicyclic) bond motifs is 2. The molecule has 0 atom stereocenters. The number of carbonyl (C=O) groups is 1.